The van der Waals surface area contributed by atoms with E-state index >= 15 is 0 Å². The van der Waals surface area contributed by atoms with E-state index in [4.69, 9.17) is 9.47 Å². The summed E-state index contributed by atoms with van der Waals surface area (Å²) in [5.41, 5.74) is 2.49. The fourth-order valence-electron chi connectivity index (χ4n) is 3.06. The highest BCUT2D eigenvalue weighted by atomic mass is 16.5. The first kappa shape index (κ1) is 16.1. The van der Waals surface area contributed by atoms with Crippen molar-refractivity contribution in [2.45, 2.75) is 39.4 Å². The van der Waals surface area contributed by atoms with Gasteiger partial charge in [-0.1, -0.05) is 23.8 Å². The van der Waals surface area contributed by atoms with Crippen LogP contribution in [0.2, 0.25) is 0 Å². The molecule has 0 radical (unpaired) electrons. The quantitative estimate of drug-likeness (QED) is 0.807. The van der Waals surface area contributed by atoms with E-state index in [1.165, 1.54) is 11.1 Å². The van der Waals surface area contributed by atoms with Crippen molar-refractivity contribution in [3.8, 4) is 5.75 Å². The monoisotopic (exact) mass is 290 g/mol. The molecule has 0 amide bonds. The zero-order valence-electron chi connectivity index (χ0n) is 13.5. The van der Waals surface area contributed by atoms with Crippen LogP contribution in [0.3, 0.4) is 0 Å². The molecule has 0 aliphatic carbocycles. The molecule has 0 saturated carbocycles. The molecule has 1 aliphatic rings. The van der Waals surface area contributed by atoms with Gasteiger partial charge in [0, 0.05) is 0 Å². The maximum Gasteiger partial charge on any atom is 0.137 e. The van der Waals surface area contributed by atoms with Crippen LogP contribution < -0.4 is 9.64 Å². The number of hydrogen-bond acceptors (Lipinski definition) is 2. The standard InChI is InChI=1S/C18H27NO2/c1-5-6-17-11-14(2)7-8-18(17)20-10-9-19-12-15(3)21-16(4)13-19/h5,7-8,11,15-16H,1,6,9-10,12-13H2,2-4H3/p+1/t15-,16-/m1/s1. The van der Waals surface area contributed by atoms with Crippen molar-refractivity contribution in [2.75, 3.05) is 26.2 Å². The lowest BCUT2D eigenvalue weighted by Gasteiger charge is -2.32. The van der Waals surface area contributed by atoms with Crippen molar-refractivity contribution >= 4 is 0 Å². The fraction of sp³-hybridized carbons (Fsp3) is 0.556. The number of nitrogens with one attached hydrogen (secondary N) is 1. The Morgan fingerprint density at radius 2 is 2.05 bits per heavy atom. The second-order valence-corrected chi connectivity index (χ2v) is 6.12. The normalized spacial score (nSPS) is 25.6. The van der Waals surface area contributed by atoms with Gasteiger partial charge in [-0.15, -0.1) is 6.58 Å². The van der Waals surface area contributed by atoms with Crippen molar-refractivity contribution in [1.82, 2.24) is 0 Å². The molecule has 1 N–H and O–H groups in total. The summed E-state index contributed by atoms with van der Waals surface area (Å²) in [6.07, 6.45) is 3.48. The molecule has 1 saturated heterocycles. The topological polar surface area (TPSA) is 22.9 Å². The molecule has 3 heteroatoms. The maximum absolute atomic E-state index is 6.01. The number of ether oxygens (including phenoxy) is 2. The van der Waals surface area contributed by atoms with E-state index in [0.717, 1.165) is 38.4 Å². The van der Waals surface area contributed by atoms with Gasteiger partial charge in [-0.05, 0) is 38.8 Å². The van der Waals surface area contributed by atoms with Gasteiger partial charge in [0.2, 0.25) is 0 Å². The number of allylic oxidation sites excluding steroid dienone is 1. The molecule has 21 heavy (non-hydrogen) atoms. The van der Waals surface area contributed by atoms with Crippen LogP contribution in [0.1, 0.15) is 25.0 Å². The average Bonchev–Trinajstić information content (AvgIpc) is 2.40. The van der Waals surface area contributed by atoms with E-state index in [9.17, 15) is 0 Å². The van der Waals surface area contributed by atoms with Crippen LogP contribution in [0.25, 0.3) is 0 Å². The lowest BCUT2D eigenvalue weighted by Crippen LogP contribution is -3.16. The van der Waals surface area contributed by atoms with E-state index in [0.29, 0.717) is 12.2 Å². The third-order valence-electron chi connectivity index (χ3n) is 3.91. The summed E-state index contributed by atoms with van der Waals surface area (Å²) < 4.78 is 11.8. The van der Waals surface area contributed by atoms with E-state index in [-0.39, 0.29) is 0 Å². The number of benzene rings is 1. The highest BCUT2D eigenvalue weighted by molar-refractivity contribution is 5.38. The first-order valence-corrected chi connectivity index (χ1v) is 7.90. The highest BCUT2D eigenvalue weighted by Crippen LogP contribution is 2.20. The first-order valence-electron chi connectivity index (χ1n) is 7.90. The van der Waals surface area contributed by atoms with Gasteiger partial charge in [-0.2, -0.15) is 0 Å². The molecule has 0 aromatic heterocycles. The molecule has 0 spiro atoms. The number of hydrogen-bond donors (Lipinski definition) is 1. The molecule has 1 aromatic carbocycles. The first-order chi connectivity index (χ1) is 10.1. The van der Waals surface area contributed by atoms with Crippen molar-refractivity contribution in [1.29, 1.82) is 0 Å². The minimum atomic E-state index is 0.347. The largest absolute Gasteiger partial charge is 0.487 e. The third-order valence-corrected chi connectivity index (χ3v) is 3.91. The second kappa shape index (κ2) is 7.62. The SMILES string of the molecule is C=CCc1cc(C)ccc1OCC[NH+]1C[C@@H](C)O[C@H](C)C1. The van der Waals surface area contributed by atoms with Crippen LogP contribution in [0.15, 0.2) is 30.9 Å². The smallest absolute Gasteiger partial charge is 0.137 e. The molecule has 1 aliphatic heterocycles. The Balaban J connectivity index is 1.87. The summed E-state index contributed by atoms with van der Waals surface area (Å²) >= 11 is 0. The number of quaternary nitrogens is 1. The molecule has 1 heterocycles. The average molecular weight is 290 g/mol. The molecular weight excluding hydrogens is 262 g/mol. The molecule has 116 valence electrons. The van der Waals surface area contributed by atoms with Gasteiger partial charge in [0.15, 0.2) is 0 Å². The van der Waals surface area contributed by atoms with Crippen LogP contribution in [0, 0.1) is 6.92 Å². The molecule has 1 aromatic rings. The second-order valence-electron chi connectivity index (χ2n) is 6.12. The van der Waals surface area contributed by atoms with Crippen LogP contribution >= 0.6 is 0 Å². The minimum Gasteiger partial charge on any atom is -0.487 e. The Bertz CT molecular complexity index is 462. The Morgan fingerprint density at radius 3 is 2.71 bits per heavy atom. The van der Waals surface area contributed by atoms with Crippen LogP contribution in [0.4, 0.5) is 0 Å². The third kappa shape index (κ3) is 4.87. The minimum absolute atomic E-state index is 0.347. The summed E-state index contributed by atoms with van der Waals surface area (Å²) in [5, 5.41) is 0. The van der Waals surface area contributed by atoms with Crippen molar-refractivity contribution in [2.24, 2.45) is 0 Å². The van der Waals surface area contributed by atoms with Crippen molar-refractivity contribution < 1.29 is 14.4 Å². The fourth-order valence-corrected chi connectivity index (χ4v) is 3.06. The van der Waals surface area contributed by atoms with Crippen LogP contribution in [0.5, 0.6) is 5.75 Å². The van der Waals surface area contributed by atoms with Crippen molar-refractivity contribution in [3.05, 3.63) is 42.0 Å². The molecule has 1 fully saturated rings. The van der Waals surface area contributed by atoms with Gasteiger partial charge in [0.1, 0.15) is 44.2 Å². The number of morpholine rings is 1. The van der Waals surface area contributed by atoms with Gasteiger partial charge in [0.05, 0.1) is 0 Å². The summed E-state index contributed by atoms with van der Waals surface area (Å²) in [6.45, 7) is 14.2. The molecule has 0 bridgehead atoms. The lowest BCUT2D eigenvalue weighted by atomic mass is 10.1. The molecule has 0 unspecified atom stereocenters. The number of rotatable bonds is 6. The number of aryl methyl sites for hydroxylation is 1. The van der Waals surface area contributed by atoms with Gasteiger partial charge in [-0.25, -0.2) is 0 Å². The zero-order valence-corrected chi connectivity index (χ0v) is 13.5. The zero-order chi connectivity index (χ0) is 15.2. The van der Waals surface area contributed by atoms with E-state index in [2.05, 4.69) is 45.5 Å². The molecule has 2 rings (SSSR count). The lowest BCUT2D eigenvalue weighted by molar-refractivity contribution is -0.915. The molecular formula is C18H28NO2+. The summed E-state index contributed by atoms with van der Waals surface area (Å²) in [6, 6.07) is 6.37. The molecule has 3 nitrogen and oxygen atoms in total. The Morgan fingerprint density at radius 1 is 1.33 bits per heavy atom. The van der Waals surface area contributed by atoms with Gasteiger partial charge >= 0.3 is 0 Å². The van der Waals surface area contributed by atoms with E-state index in [1.807, 2.05) is 6.08 Å². The van der Waals surface area contributed by atoms with Crippen LogP contribution in [-0.4, -0.2) is 38.4 Å². The van der Waals surface area contributed by atoms with Gasteiger partial charge in [-0.3, -0.25) is 0 Å². The molecule has 2 atom stereocenters. The van der Waals surface area contributed by atoms with E-state index in [1.54, 1.807) is 4.90 Å². The summed E-state index contributed by atoms with van der Waals surface area (Å²) in [5.74, 6) is 0.995. The predicted molar refractivity (Wildman–Crippen MR) is 86.1 cm³/mol. The Labute approximate surface area is 128 Å². The highest BCUT2D eigenvalue weighted by Gasteiger charge is 2.25. The summed E-state index contributed by atoms with van der Waals surface area (Å²) in [7, 11) is 0. The summed E-state index contributed by atoms with van der Waals surface area (Å²) in [4.78, 5) is 1.57. The van der Waals surface area contributed by atoms with Crippen LogP contribution in [-0.2, 0) is 11.2 Å². The van der Waals surface area contributed by atoms with Gasteiger partial charge < -0.3 is 14.4 Å². The predicted octanol–water partition coefficient (Wildman–Crippen LogP) is 1.79. The van der Waals surface area contributed by atoms with Crippen molar-refractivity contribution in [3.63, 3.8) is 0 Å². The Kier molecular flexibility index (Phi) is 5.83. The Hall–Kier alpha value is -1.32. The van der Waals surface area contributed by atoms with Gasteiger partial charge in [0.25, 0.3) is 0 Å². The maximum atomic E-state index is 6.01. The van der Waals surface area contributed by atoms with E-state index < -0.39 is 0 Å².